The Bertz CT molecular complexity index is 1980. The summed E-state index contributed by atoms with van der Waals surface area (Å²) >= 11 is 0. The lowest BCUT2D eigenvalue weighted by Gasteiger charge is -2.29. The van der Waals surface area contributed by atoms with Crippen molar-refractivity contribution in [1.82, 2.24) is 10.0 Å². The van der Waals surface area contributed by atoms with Gasteiger partial charge in [0.05, 0.1) is 11.6 Å². The number of carbonyl (C=O) groups excluding carboxylic acids is 4. The number of hydrogen-bond acceptors (Lipinski definition) is 9. The zero-order chi connectivity index (χ0) is 34.3. The quantitative estimate of drug-likeness (QED) is 0.153. The Morgan fingerprint density at radius 2 is 1.79 bits per heavy atom. The van der Waals surface area contributed by atoms with E-state index < -0.39 is 51.7 Å². The molecule has 3 aliphatic rings. The first kappa shape index (κ1) is 32.9. The van der Waals surface area contributed by atoms with Crippen molar-refractivity contribution >= 4 is 67.4 Å². The van der Waals surface area contributed by atoms with Gasteiger partial charge >= 0.3 is 10.2 Å². The lowest BCUT2D eigenvalue weighted by molar-refractivity contribution is -0.134. The molecule has 252 valence electrons. The number of aromatic hydroxyl groups is 1. The Hall–Kier alpha value is -5.05. The Morgan fingerprint density at radius 1 is 1.04 bits per heavy atom. The van der Waals surface area contributed by atoms with Crippen molar-refractivity contribution in [2.75, 3.05) is 28.5 Å². The fourth-order valence-electron chi connectivity index (χ4n) is 6.89. The predicted octanol–water partition coefficient (Wildman–Crippen LogP) is 3.63. The van der Waals surface area contributed by atoms with Crippen molar-refractivity contribution in [2.45, 2.75) is 50.9 Å². The van der Waals surface area contributed by atoms with Gasteiger partial charge < -0.3 is 21.1 Å². The lowest BCUT2D eigenvalue weighted by Crippen LogP contribution is -2.44. The smallest absolute Gasteiger partial charge is 0.326 e. The normalized spacial score (nSPS) is 22.2. The van der Waals surface area contributed by atoms with Crippen LogP contribution in [0.15, 0.2) is 42.5 Å². The highest BCUT2D eigenvalue weighted by atomic mass is 32.2. The van der Waals surface area contributed by atoms with Crippen LogP contribution in [0.5, 0.6) is 5.75 Å². The molecule has 2 aliphatic heterocycles. The molecule has 0 radical (unpaired) electrons. The Balaban J connectivity index is 1.06. The largest absolute Gasteiger partial charge is 0.506 e. The van der Waals surface area contributed by atoms with Crippen molar-refractivity contribution in [1.29, 1.82) is 5.41 Å². The summed E-state index contributed by atoms with van der Waals surface area (Å²) in [6.45, 7) is -0.657. The fraction of sp³-hybridized carbons (Fsp3) is 0.364. The van der Waals surface area contributed by atoms with Crippen LogP contribution >= 0.6 is 0 Å². The molecule has 3 fully saturated rings. The molecule has 1 atom stereocenters. The molecule has 6 rings (SSSR count). The van der Waals surface area contributed by atoms with Gasteiger partial charge in [-0.1, -0.05) is 12.1 Å². The van der Waals surface area contributed by atoms with E-state index in [1.54, 1.807) is 11.8 Å². The van der Waals surface area contributed by atoms with Gasteiger partial charge in [0.25, 0.3) is 5.91 Å². The molecular weight excluding hydrogens is 643 g/mol. The second-order valence-electron chi connectivity index (χ2n) is 12.5. The molecule has 1 aliphatic carbocycles. The summed E-state index contributed by atoms with van der Waals surface area (Å²) < 4.78 is 42.0. The first-order chi connectivity index (χ1) is 22.8. The number of carbonyl (C=O) groups is 4. The monoisotopic (exact) mass is 678 g/mol. The standard InChI is InChI=1S/C33H35FN6O7S/c1-36-25-14-19(6-8-23(25)31(35)24-10-11-27(42)38-33(24)45)18-4-2-17(3-5-18)12-28(43)37-21-7-9-22-20(13-21)15-26(41)32(30(22)34)40-16-29(44)39-48(40,46)47/h6-9,13-15,17-18,24,35-36,41H,2-5,10-12,16H2,1H3,(H,37,43)(H,39,44)(H,38,42,45). The average molecular weight is 679 g/mol. The van der Waals surface area contributed by atoms with Gasteiger partial charge in [-0.05, 0) is 85.2 Å². The maximum atomic E-state index is 15.4. The molecule has 48 heavy (non-hydrogen) atoms. The second-order valence-corrected chi connectivity index (χ2v) is 14.1. The van der Waals surface area contributed by atoms with Crippen LogP contribution in [0.25, 0.3) is 10.8 Å². The van der Waals surface area contributed by atoms with Crippen molar-refractivity contribution in [2.24, 2.45) is 11.8 Å². The molecule has 2 heterocycles. The first-order valence-electron chi connectivity index (χ1n) is 15.7. The zero-order valence-electron chi connectivity index (χ0n) is 26.1. The molecule has 1 unspecified atom stereocenters. The third-order valence-corrected chi connectivity index (χ3v) is 10.7. The SMILES string of the molecule is CNc1cc(C2CCC(CC(=O)Nc3ccc4c(F)c(N5CC(=O)NS5(=O)=O)c(O)cc4c3)CC2)ccc1C(=N)C1CCC(=O)NC1=O. The summed E-state index contributed by atoms with van der Waals surface area (Å²) in [7, 11) is -2.56. The van der Waals surface area contributed by atoms with E-state index in [0.29, 0.717) is 28.4 Å². The van der Waals surface area contributed by atoms with Crippen LogP contribution in [-0.4, -0.2) is 56.5 Å². The summed E-state index contributed by atoms with van der Waals surface area (Å²) in [4.78, 5) is 48.4. The summed E-state index contributed by atoms with van der Waals surface area (Å²) in [6, 6.07) is 11.4. The van der Waals surface area contributed by atoms with Gasteiger partial charge in [0.2, 0.25) is 17.7 Å². The molecule has 0 spiro atoms. The Morgan fingerprint density at radius 3 is 2.46 bits per heavy atom. The third-order valence-electron chi connectivity index (χ3n) is 9.37. The van der Waals surface area contributed by atoms with Gasteiger partial charge in [-0.2, -0.15) is 8.42 Å². The van der Waals surface area contributed by atoms with E-state index in [1.165, 1.54) is 24.3 Å². The minimum atomic E-state index is -4.33. The molecule has 1 saturated carbocycles. The molecule has 3 aromatic carbocycles. The number of halogens is 1. The molecule has 6 N–H and O–H groups in total. The lowest BCUT2D eigenvalue weighted by atomic mass is 9.77. The molecule has 0 aromatic heterocycles. The van der Waals surface area contributed by atoms with Crippen molar-refractivity contribution in [3.63, 3.8) is 0 Å². The number of phenols is 1. The van der Waals surface area contributed by atoms with Gasteiger partial charge in [-0.15, -0.1) is 0 Å². The minimum Gasteiger partial charge on any atom is -0.506 e. The van der Waals surface area contributed by atoms with E-state index in [9.17, 15) is 32.7 Å². The summed E-state index contributed by atoms with van der Waals surface area (Å²) in [5, 5.41) is 27.7. The summed E-state index contributed by atoms with van der Waals surface area (Å²) in [6.07, 6.45) is 4.21. The van der Waals surface area contributed by atoms with Crippen LogP contribution < -0.4 is 25.0 Å². The Labute approximate surface area is 276 Å². The summed E-state index contributed by atoms with van der Waals surface area (Å²) in [5.41, 5.74) is 2.43. The number of phenolic OH excluding ortho intramolecular Hbond substituents is 1. The molecule has 15 heteroatoms. The number of anilines is 3. The van der Waals surface area contributed by atoms with Crippen molar-refractivity contribution in [3.05, 3.63) is 59.4 Å². The number of rotatable bonds is 8. The molecule has 4 amide bonds. The highest BCUT2D eigenvalue weighted by molar-refractivity contribution is 7.92. The number of nitrogens with one attached hydrogen (secondary N) is 5. The van der Waals surface area contributed by atoms with Crippen LogP contribution in [0.1, 0.15) is 62.0 Å². The maximum absolute atomic E-state index is 15.4. The Kier molecular flexibility index (Phi) is 8.81. The van der Waals surface area contributed by atoms with E-state index in [4.69, 9.17) is 5.41 Å². The molecular formula is C33H35FN6O7S. The predicted molar refractivity (Wildman–Crippen MR) is 177 cm³/mol. The topological polar surface area (TPSA) is 198 Å². The van der Waals surface area contributed by atoms with Crippen LogP contribution in [0.3, 0.4) is 0 Å². The number of fused-ring (bicyclic) bond motifs is 1. The van der Waals surface area contributed by atoms with Gasteiger partial charge in [-0.25, -0.2) is 13.4 Å². The fourth-order valence-corrected chi connectivity index (χ4v) is 8.05. The minimum absolute atomic E-state index is 0.0101. The van der Waals surface area contributed by atoms with E-state index in [1.807, 2.05) is 18.2 Å². The first-order valence-corrected chi connectivity index (χ1v) is 17.1. The van der Waals surface area contributed by atoms with Gasteiger partial charge in [-0.3, -0.25) is 24.5 Å². The molecule has 2 saturated heterocycles. The molecule has 0 bridgehead atoms. The van der Waals surface area contributed by atoms with Gasteiger partial charge in [0.1, 0.15) is 18.0 Å². The molecule has 3 aromatic rings. The highest BCUT2D eigenvalue weighted by Gasteiger charge is 2.38. The second kappa shape index (κ2) is 12.9. The number of nitrogens with zero attached hydrogens (tertiary/aromatic N) is 1. The van der Waals surface area contributed by atoms with Crippen LogP contribution in [-0.2, 0) is 29.4 Å². The zero-order valence-corrected chi connectivity index (χ0v) is 26.9. The number of hydrogen-bond donors (Lipinski definition) is 6. The van der Waals surface area contributed by atoms with Crippen LogP contribution in [0.4, 0.5) is 21.5 Å². The molecule has 13 nitrogen and oxygen atoms in total. The number of imide groups is 1. The van der Waals surface area contributed by atoms with Crippen LogP contribution in [0.2, 0.25) is 0 Å². The van der Waals surface area contributed by atoms with E-state index >= 15 is 4.39 Å². The summed E-state index contributed by atoms with van der Waals surface area (Å²) in [5.74, 6) is -3.73. The average Bonchev–Trinajstić information content (AvgIpc) is 3.31. The third kappa shape index (κ3) is 6.41. The van der Waals surface area contributed by atoms with Crippen molar-refractivity contribution in [3.8, 4) is 5.75 Å². The number of piperidine rings is 1. The van der Waals surface area contributed by atoms with E-state index in [2.05, 4.69) is 16.0 Å². The van der Waals surface area contributed by atoms with Gasteiger partial charge in [0.15, 0.2) is 5.82 Å². The van der Waals surface area contributed by atoms with Gasteiger partial charge in [0, 0.05) is 42.2 Å². The van der Waals surface area contributed by atoms with E-state index in [-0.39, 0.29) is 46.6 Å². The van der Waals surface area contributed by atoms with Crippen LogP contribution in [0, 0.1) is 23.1 Å². The van der Waals surface area contributed by atoms with E-state index in [0.717, 1.165) is 36.9 Å². The number of amides is 4. The number of benzene rings is 3. The maximum Gasteiger partial charge on any atom is 0.326 e. The van der Waals surface area contributed by atoms with Crippen molar-refractivity contribution < 1.29 is 37.1 Å². The highest BCUT2D eigenvalue weighted by Crippen LogP contribution is 2.40.